The molecule has 0 atom stereocenters. The second-order valence-electron chi connectivity index (χ2n) is 3.29. The molecule has 7 heteroatoms. The molecule has 1 amide bonds. The number of carbonyl (C=O) groups is 2. The van der Waals surface area contributed by atoms with Crippen LogP contribution in [0.2, 0.25) is 0 Å². The van der Waals surface area contributed by atoms with E-state index in [0.29, 0.717) is 5.69 Å². The fourth-order valence-corrected chi connectivity index (χ4v) is 1.16. The maximum atomic E-state index is 11.6. The number of nitrogens with one attached hydrogen (secondary N) is 1. The molecule has 0 fully saturated rings. The molecular formula is C10H8N2O5. The summed E-state index contributed by atoms with van der Waals surface area (Å²) in [6.07, 6.45) is 0.989. The molecule has 0 saturated heterocycles. The minimum atomic E-state index is -1.16. The van der Waals surface area contributed by atoms with Gasteiger partial charge in [0.2, 0.25) is 5.88 Å². The smallest absolute Gasteiger partial charge is 0.338 e. The van der Waals surface area contributed by atoms with Crippen molar-refractivity contribution >= 4 is 17.8 Å². The number of aryl methyl sites for hydroxylation is 1. The summed E-state index contributed by atoms with van der Waals surface area (Å²) in [6, 6.07) is 2.65. The summed E-state index contributed by atoms with van der Waals surface area (Å²) in [5, 5.41) is 14.6. The van der Waals surface area contributed by atoms with Crippen molar-refractivity contribution in [3.8, 4) is 0 Å². The van der Waals surface area contributed by atoms with E-state index in [0.717, 1.165) is 12.3 Å². The van der Waals surface area contributed by atoms with Gasteiger partial charge < -0.3 is 14.0 Å². The van der Waals surface area contributed by atoms with E-state index >= 15 is 0 Å². The minimum absolute atomic E-state index is 0.0936. The first kappa shape index (κ1) is 10.9. The number of carboxylic acids is 1. The third-order valence-corrected chi connectivity index (χ3v) is 1.93. The molecular weight excluding hydrogens is 228 g/mol. The normalized spacial score (nSPS) is 10.2. The van der Waals surface area contributed by atoms with Gasteiger partial charge in [-0.1, -0.05) is 5.16 Å². The second kappa shape index (κ2) is 4.12. The molecule has 2 aromatic heterocycles. The molecule has 0 aromatic carbocycles. The number of carboxylic acid groups (broad SMARTS) is 1. The van der Waals surface area contributed by atoms with Crippen LogP contribution in [0.25, 0.3) is 0 Å². The molecule has 0 aliphatic rings. The van der Waals surface area contributed by atoms with Crippen molar-refractivity contribution < 1.29 is 23.6 Å². The Morgan fingerprint density at radius 3 is 2.71 bits per heavy atom. The Balaban J connectivity index is 2.11. The zero-order valence-corrected chi connectivity index (χ0v) is 8.76. The molecule has 2 N–H and O–H groups in total. The highest BCUT2D eigenvalue weighted by Crippen LogP contribution is 2.13. The van der Waals surface area contributed by atoms with Crippen molar-refractivity contribution in [2.24, 2.45) is 0 Å². The van der Waals surface area contributed by atoms with Crippen LogP contribution in [0.15, 0.2) is 27.3 Å². The number of carbonyl (C=O) groups excluding carboxylic acids is 1. The maximum absolute atomic E-state index is 11.6. The fraction of sp³-hybridized carbons (Fsp3) is 0.100. The van der Waals surface area contributed by atoms with Crippen LogP contribution < -0.4 is 5.32 Å². The lowest BCUT2D eigenvalue weighted by Crippen LogP contribution is -2.10. The third-order valence-electron chi connectivity index (χ3n) is 1.93. The van der Waals surface area contributed by atoms with Crippen LogP contribution >= 0.6 is 0 Å². The van der Waals surface area contributed by atoms with Gasteiger partial charge in [0.15, 0.2) is 5.76 Å². The number of rotatable bonds is 3. The van der Waals surface area contributed by atoms with Gasteiger partial charge in [0.1, 0.15) is 6.26 Å². The topological polar surface area (TPSA) is 106 Å². The lowest BCUT2D eigenvalue weighted by atomic mass is 10.3. The average molecular weight is 236 g/mol. The first-order valence-electron chi connectivity index (χ1n) is 4.63. The molecule has 0 saturated carbocycles. The van der Waals surface area contributed by atoms with E-state index in [1.807, 2.05) is 0 Å². The van der Waals surface area contributed by atoms with Crippen molar-refractivity contribution in [1.29, 1.82) is 0 Å². The van der Waals surface area contributed by atoms with Gasteiger partial charge in [0.25, 0.3) is 5.91 Å². The molecule has 2 rings (SSSR count). The van der Waals surface area contributed by atoms with Crippen molar-refractivity contribution in [2.45, 2.75) is 6.92 Å². The number of furan rings is 1. The van der Waals surface area contributed by atoms with Gasteiger partial charge in [-0.2, -0.15) is 0 Å². The maximum Gasteiger partial charge on any atom is 0.338 e. The van der Waals surface area contributed by atoms with Crippen LogP contribution in [0.4, 0.5) is 5.88 Å². The summed E-state index contributed by atoms with van der Waals surface area (Å²) in [4.78, 5) is 22.2. The number of aromatic carboxylic acids is 1. The van der Waals surface area contributed by atoms with Gasteiger partial charge in [0.05, 0.1) is 11.3 Å². The Hall–Kier alpha value is -2.57. The van der Waals surface area contributed by atoms with E-state index in [9.17, 15) is 9.59 Å². The van der Waals surface area contributed by atoms with E-state index < -0.39 is 11.9 Å². The van der Waals surface area contributed by atoms with Crippen molar-refractivity contribution in [1.82, 2.24) is 5.16 Å². The van der Waals surface area contributed by atoms with Gasteiger partial charge >= 0.3 is 5.97 Å². The SMILES string of the molecule is Cc1cc(NC(=O)c2cc(C(=O)O)co2)on1. The lowest BCUT2D eigenvalue weighted by molar-refractivity contribution is 0.0696. The van der Waals surface area contributed by atoms with E-state index in [4.69, 9.17) is 14.0 Å². The van der Waals surface area contributed by atoms with E-state index in [2.05, 4.69) is 10.5 Å². The first-order chi connectivity index (χ1) is 8.06. The van der Waals surface area contributed by atoms with Crippen LogP contribution in [0.1, 0.15) is 26.6 Å². The average Bonchev–Trinajstić information content (AvgIpc) is 2.86. The van der Waals surface area contributed by atoms with Crippen LogP contribution in [0, 0.1) is 6.92 Å². The van der Waals surface area contributed by atoms with Crippen molar-refractivity contribution in [3.63, 3.8) is 0 Å². The number of anilines is 1. The van der Waals surface area contributed by atoms with Crippen LogP contribution in [-0.4, -0.2) is 22.1 Å². The van der Waals surface area contributed by atoms with Crippen LogP contribution in [0.3, 0.4) is 0 Å². The van der Waals surface area contributed by atoms with E-state index in [1.165, 1.54) is 6.07 Å². The highest BCUT2D eigenvalue weighted by Gasteiger charge is 2.16. The molecule has 0 aliphatic heterocycles. The Labute approximate surface area is 95.0 Å². The Morgan fingerprint density at radius 1 is 1.41 bits per heavy atom. The molecule has 0 radical (unpaired) electrons. The summed E-state index contributed by atoms with van der Waals surface area (Å²) >= 11 is 0. The van der Waals surface area contributed by atoms with Gasteiger partial charge in [0, 0.05) is 12.1 Å². The number of hydrogen-bond acceptors (Lipinski definition) is 5. The summed E-state index contributed by atoms with van der Waals surface area (Å²) < 4.78 is 9.58. The van der Waals surface area contributed by atoms with Gasteiger partial charge in [-0.15, -0.1) is 0 Å². The van der Waals surface area contributed by atoms with Gasteiger partial charge in [-0.25, -0.2) is 4.79 Å². The predicted molar refractivity (Wildman–Crippen MR) is 54.9 cm³/mol. The summed E-state index contributed by atoms with van der Waals surface area (Å²) in [5.41, 5.74) is 0.523. The third kappa shape index (κ3) is 2.33. The zero-order valence-electron chi connectivity index (χ0n) is 8.76. The molecule has 7 nitrogen and oxygen atoms in total. The monoisotopic (exact) mass is 236 g/mol. The second-order valence-corrected chi connectivity index (χ2v) is 3.29. The van der Waals surface area contributed by atoms with Crippen molar-refractivity contribution in [2.75, 3.05) is 5.32 Å². The number of aromatic nitrogens is 1. The number of nitrogens with zero attached hydrogens (tertiary/aromatic N) is 1. The highest BCUT2D eigenvalue weighted by atomic mass is 16.5. The highest BCUT2D eigenvalue weighted by molar-refractivity contribution is 6.03. The lowest BCUT2D eigenvalue weighted by Gasteiger charge is -1.95. The summed E-state index contributed by atoms with van der Waals surface area (Å²) in [6.45, 7) is 1.70. The molecule has 0 bridgehead atoms. The van der Waals surface area contributed by atoms with Gasteiger partial charge in [-0.3, -0.25) is 10.1 Å². The number of hydrogen-bond donors (Lipinski definition) is 2. The van der Waals surface area contributed by atoms with Crippen LogP contribution in [0.5, 0.6) is 0 Å². The number of amides is 1. The molecule has 2 heterocycles. The van der Waals surface area contributed by atoms with Crippen molar-refractivity contribution in [3.05, 3.63) is 35.4 Å². The Morgan fingerprint density at radius 2 is 2.18 bits per heavy atom. The minimum Gasteiger partial charge on any atom is -0.478 e. The quantitative estimate of drug-likeness (QED) is 0.836. The molecule has 2 aromatic rings. The summed E-state index contributed by atoms with van der Waals surface area (Å²) in [7, 11) is 0. The van der Waals surface area contributed by atoms with E-state index in [1.54, 1.807) is 6.92 Å². The van der Waals surface area contributed by atoms with Gasteiger partial charge in [-0.05, 0) is 6.92 Å². The standard InChI is InChI=1S/C10H8N2O5/c1-5-2-8(17-12-5)11-9(13)7-3-6(4-16-7)10(14)15/h2-4H,1H3,(H,11,13)(H,14,15). The largest absolute Gasteiger partial charge is 0.478 e. The summed E-state index contributed by atoms with van der Waals surface area (Å²) in [5.74, 6) is -1.71. The van der Waals surface area contributed by atoms with E-state index in [-0.39, 0.29) is 17.2 Å². The fourth-order valence-electron chi connectivity index (χ4n) is 1.16. The molecule has 17 heavy (non-hydrogen) atoms. The van der Waals surface area contributed by atoms with Crippen LogP contribution in [-0.2, 0) is 0 Å². The Bertz CT molecular complexity index is 569. The molecule has 0 aliphatic carbocycles. The Kier molecular flexibility index (Phi) is 2.65. The molecule has 88 valence electrons. The molecule has 0 spiro atoms. The zero-order chi connectivity index (χ0) is 12.4. The molecule has 0 unspecified atom stereocenters. The first-order valence-corrected chi connectivity index (χ1v) is 4.63. The predicted octanol–water partition coefficient (Wildman–Crippen LogP) is 1.53.